The normalized spacial score (nSPS) is 10.4. The van der Waals surface area contributed by atoms with Gasteiger partial charge in [0.1, 0.15) is 23.1 Å². The number of nitrogens with one attached hydrogen (secondary N) is 1. The maximum absolute atomic E-state index is 12.1. The second kappa shape index (κ2) is 9.62. The number of nitrogens with zero attached hydrogens (tertiary/aromatic N) is 3. The third kappa shape index (κ3) is 5.39. The summed E-state index contributed by atoms with van der Waals surface area (Å²) < 4.78 is 6.63. The van der Waals surface area contributed by atoms with Crippen LogP contribution in [0.15, 0.2) is 71.8 Å². The van der Waals surface area contributed by atoms with Crippen LogP contribution in [0.25, 0.3) is 0 Å². The first kappa shape index (κ1) is 20.9. The number of benzene rings is 3. The number of hydrazone groups is 1. The first-order chi connectivity index (χ1) is 14.5. The van der Waals surface area contributed by atoms with Gasteiger partial charge in [-0.25, -0.2) is 5.43 Å². The van der Waals surface area contributed by atoms with E-state index in [1.807, 2.05) is 12.1 Å². The average molecular weight is 512 g/mol. The molecule has 0 aromatic heterocycles. The largest absolute Gasteiger partial charge is 0.456 e. The molecule has 3 rings (SSSR count). The highest BCUT2D eigenvalue weighted by Gasteiger charge is 2.12. The van der Waals surface area contributed by atoms with Gasteiger partial charge in [0, 0.05) is 21.3 Å². The van der Waals surface area contributed by atoms with Crippen molar-refractivity contribution >= 4 is 40.4 Å². The van der Waals surface area contributed by atoms with Gasteiger partial charge in [-0.2, -0.15) is 10.4 Å². The summed E-state index contributed by atoms with van der Waals surface area (Å²) in [6.07, 6.45) is 1.46. The number of non-ortho nitro benzene ring substituents is 1. The minimum absolute atomic E-state index is 0.0491. The highest BCUT2D eigenvalue weighted by Crippen LogP contribution is 2.28. The predicted octanol–water partition coefficient (Wildman–Crippen LogP) is 4.63. The number of hydrogen-bond donors (Lipinski definition) is 1. The number of nitro benzene ring substituents is 1. The standard InChI is InChI=1S/C21H13IN4O4/c22-17-5-2-4-15(10-17)21(27)25-24-13-14-3-1-6-19(9-14)30-20-8-7-18(26(28)29)11-16(20)12-23/h1-11,13H,(H,25,27)/b24-13-. The molecule has 148 valence electrons. The van der Waals surface area contributed by atoms with Gasteiger partial charge in [0.2, 0.25) is 0 Å². The van der Waals surface area contributed by atoms with Gasteiger partial charge in [0.25, 0.3) is 11.6 Å². The van der Waals surface area contributed by atoms with Crippen molar-refractivity contribution in [2.45, 2.75) is 0 Å². The van der Waals surface area contributed by atoms with Crippen molar-refractivity contribution in [2.75, 3.05) is 0 Å². The molecule has 0 aliphatic carbocycles. The third-order valence-corrected chi connectivity index (χ3v) is 4.52. The van der Waals surface area contributed by atoms with Crippen molar-refractivity contribution in [1.29, 1.82) is 5.26 Å². The Morgan fingerprint density at radius 1 is 1.17 bits per heavy atom. The first-order valence-corrected chi connectivity index (χ1v) is 9.59. The summed E-state index contributed by atoms with van der Waals surface area (Å²) in [5.74, 6) is 0.277. The number of halogens is 1. The number of hydrogen-bond acceptors (Lipinski definition) is 6. The molecule has 1 N–H and O–H groups in total. The summed E-state index contributed by atoms with van der Waals surface area (Å²) in [7, 11) is 0. The Labute approximate surface area is 185 Å². The Kier molecular flexibility index (Phi) is 6.71. The fraction of sp³-hybridized carbons (Fsp3) is 0. The van der Waals surface area contributed by atoms with Crippen molar-refractivity contribution in [3.05, 3.63) is 97.1 Å². The lowest BCUT2D eigenvalue weighted by molar-refractivity contribution is -0.384. The van der Waals surface area contributed by atoms with Crippen molar-refractivity contribution in [3.63, 3.8) is 0 Å². The van der Waals surface area contributed by atoms with Gasteiger partial charge in [-0.05, 0) is 64.6 Å². The highest BCUT2D eigenvalue weighted by molar-refractivity contribution is 14.1. The zero-order chi connectivity index (χ0) is 21.5. The molecule has 0 radical (unpaired) electrons. The molecule has 0 spiro atoms. The van der Waals surface area contributed by atoms with Gasteiger partial charge in [-0.3, -0.25) is 14.9 Å². The van der Waals surface area contributed by atoms with Gasteiger partial charge in [0.05, 0.1) is 11.1 Å². The van der Waals surface area contributed by atoms with Crippen molar-refractivity contribution in [2.24, 2.45) is 5.10 Å². The monoisotopic (exact) mass is 512 g/mol. The van der Waals surface area contributed by atoms with Crippen LogP contribution in [0.5, 0.6) is 11.5 Å². The molecule has 0 fully saturated rings. The summed E-state index contributed by atoms with van der Waals surface area (Å²) in [4.78, 5) is 22.4. The van der Waals surface area contributed by atoms with Crippen LogP contribution in [0.1, 0.15) is 21.5 Å². The Morgan fingerprint density at radius 3 is 2.70 bits per heavy atom. The van der Waals surface area contributed by atoms with E-state index < -0.39 is 4.92 Å². The smallest absolute Gasteiger partial charge is 0.271 e. The number of rotatable bonds is 6. The fourth-order valence-corrected chi connectivity index (χ4v) is 3.00. The SMILES string of the molecule is N#Cc1cc([N+](=O)[O-])ccc1Oc1cccc(/C=N\NC(=O)c2cccc(I)c2)c1. The van der Waals surface area contributed by atoms with E-state index in [0.717, 1.165) is 9.64 Å². The lowest BCUT2D eigenvalue weighted by atomic mass is 10.2. The van der Waals surface area contributed by atoms with Crippen LogP contribution >= 0.6 is 22.6 Å². The third-order valence-electron chi connectivity index (χ3n) is 3.85. The number of carbonyl (C=O) groups is 1. The lowest BCUT2D eigenvalue weighted by Crippen LogP contribution is -2.17. The molecule has 0 saturated heterocycles. The minimum Gasteiger partial charge on any atom is -0.456 e. The van der Waals surface area contributed by atoms with Crippen LogP contribution in [0.3, 0.4) is 0 Å². The lowest BCUT2D eigenvalue weighted by Gasteiger charge is -2.08. The van der Waals surface area contributed by atoms with Crippen LogP contribution in [0.4, 0.5) is 5.69 Å². The van der Waals surface area contributed by atoms with Gasteiger partial charge in [-0.15, -0.1) is 0 Å². The zero-order valence-corrected chi connectivity index (χ0v) is 17.4. The molecule has 0 atom stereocenters. The number of nitriles is 1. The minimum atomic E-state index is -0.577. The molecule has 0 bridgehead atoms. The Bertz CT molecular complexity index is 1190. The molecule has 8 nitrogen and oxygen atoms in total. The molecule has 3 aromatic rings. The fourth-order valence-electron chi connectivity index (χ4n) is 2.45. The molecule has 9 heteroatoms. The maximum atomic E-state index is 12.1. The molecule has 30 heavy (non-hydrogen) atoms. The molecule has 0 heterocycles. The molecule has 0 aliphatic rings. The summed E-state index contributed by atoms with van der Waals surface area (Å²) >= 11 is 2.12. The number of nitro groups is 1. The van der Waals surface area contributed by atoms with E-state index in [4.69, 9.17) is 4.74 Å². The van der Waals surface area contributed by atoms with Gasteiger partial charge in [0.15, 0.2) is 0 Å². The molecular formula is C21H13IN4O4. The predicted molar refractivity (Wildman–Crippen MR) is 119 cm³/mol. The topological polar surface area (TPSA) is 118 Å². The quantitative estimate of drug-likeness (QED) is 0.224. The number of ether oxygens (including phenoxy) is 1. The van der Waals surface area contributed by atoms with Crippen LogP contribution in [-0.2, 0) is 0 Å². The number of amides is 1. The maximum Gasteiger partial charge on any atom is 0.271 e. The Morgan fingerprint density at radius 2 is 1.97 bits per heavy atom. The highest BCUT2D eigenvalue weighted by atomic mass is 127. The molecular weight excluding hydrogens is 499 g/mol. The van der Waals surface area contributed by atoms with E-state index in [9.17, 15) is 20.2 Å². The van der Waals surface area contributed by atoms with Gasteiger partial charge in [-0.1, -0.05) is 18.2 Å². The second-order valence-electron chi connectivity index (χ2n) is 5.93. The van der Waals surface area contributed by atoms with E-state index in [1.54, 1.807) is 42.5 Å². The average Bonchev–Trinajstić information content (AvgIpc) is 2.74. The molecule has 0 aliphatic heterocycles. The Hall–Kier alpha value is -3.78. The van der Waals surface area contributed by atoms with Crippen LogP contribution in [0, 0.1) is 25.0 Å². The molecule has 3 aromatic carbocycles. The number of carbonyl (C=O) groups excluding carboxylic acids is 1. The second-order valence-corrected chi connectivity index (χ2v) is 7.18. The summed E-state index contributed by atoms with van der Waals surface area (Å²) in [5.41, 5.74) is 3.46. The molecule has 1 amide bonds. The zero-order valence-electron chi connectivity index (χ0n) is 15.3. The summed E-state index contributed by atoms with van der Waals surface area (Å²) in [5, 5.41) is 24.0. The van der Waals surface area contributed by atoms with Crippen molar-refractivity contribution < 1.29 is 14.5 Å². The Balaban J connectivity index is 1.71. The first-order valence-electron chi connectivity index (χ1n) is 8.51. The van der Waals surface area contributed by atoms with Crippen molar-refractivity contribution in [3.8, 4) is 17.6 Å². The van der Waals surface area contributed by atoms with Crippen LogP contribution < -0.4 is 10.2 Å². The summed E-state index contributed by atoms with van der Waals surface area (Å²) in [6.45, 7) is 0. The molecule has 0 unspecified atom stereocenters. The van der Waals surface area contributed by atoms with Crippen LogP contribution in [0.2, 0.25) is 0 Å². The van der Waals surface area contributed by atoms with Gasteiger partial charge >= 0.3 is 0 Å². The van der Waals surface area contributed by atoms with E-state index in [0.29, 0.717) is 16.9 Å². The van der Waals surface area contributed by atoms with Crippen LogP contribution in [-0.4, -0.2) is 17.0 Å². The van der Waals surface area contributed by atoms with Gasteiger partial charge < -0.3 is 4.74 Å². The van der Waals surface area contributed by atoms with Crippen molar-refractivity contribution in [1.82, 2.24) is 5.43 Å². The van der Waals surface area contributed by atoms with E-state index >= 15 is 0 Å². The van der Waals surface area contributed by atoms with E-state index in [1.165, 1.54) is 18.3 Å². The van der Waals surface area contributed by atoms with E-state index in [2.05, 4.69) is 33.1 Å². The molecule has 0 saturated carbocycles. The summed E-state index contributed by atoms with van der Waals surface area (Å²) in [6, 6.07) is 19.6. The van der Waals surface area contributed by atoms with E-state index in [-0.39, 0.29) is 22.9 Å².